The first-order valence-electron chi connectivity index (χ1n) is 7.44. The topological polar surface area (TPSA) is 84.7 Å². The van der Waals surface area contributed by atoms with Gasteiger partial charge in [-0.1, -0.05) is 12.1 Å². The molecule has 0 bridgehead atoms. The molecule has 0 saturated heterocycles. The molecule has 25 heavy (non-hydrogen) atoms. The van der Waals surface area contributed by atoms with E-state index in [4.69, 9.17) is 4.74 Å². The molecule has 1 amide bonds. The van der Waals surface area contributed by atoms with Crippen LogP contribution in [-0.4, -0.2) is 36.4 Å². The van der Waals surface area contributed by atoms with E-state index in [9.17, 15) is 19.3 Å². The van der Waals surface area contributed by atoms with Crippen molar-refractivity contribution in [1.29, 1.82) is 0 Å². The third-order valence-electron chi connectivity index (χ3n) is 3.43. The molecule has 0 spiro atoms. The highest BCUT2D eigenvalue weighted by Crippen LogP contribution is 2.28. The Balaban J connectivity index is 1.98. The van der Waals surface area contributed by atoms with E-state index in [0.29, 0.717) is 12.2 Å². The van der Waals surface area contributed by atoms with E-state index in [1.165, 1.54) is 37.4 Å². The SMILES string of the molecule is COc1cc([N+](=O)[O-])ccc1NC(=O)CN(C)Cc1cccc(F)c1. The second-order valence-corrected chi connectivity index (χ2v) is 5.49. The van der Waals surface area contributed by atoms with Crippen LogP contribution in [0.25, 0.3) is 0 Å². The number of ether oxygens (including phenoxy) is 1. The van der Waals surface area contributed by atoms with Crippen LogP contribution in [0.2, 0.25) is 0 Å². The van der Waals surface area contributed by atoms with Crippen LogP contribution in [0, 0.1) is 15.9 Å². The number of hydrogen-bond acceptors (Lipinski definition) is 5. The molecule has 1 N–H and O–H groups in total. The van der Waals surface area contributed by atoms with E-state index in [-0.39, 0.29) is 29.7 Å². The fraction of sp³-hybridized carbons (Fsp3) is 0.235. The molecule has 0 aromatic heterocycles. The van der Waals surface area contributed by atoms with Crippen molar-refractivity contribution in [3.8, 4) is 5.75 Å². The molecular formula is C17H18FN3O4. The average Bonchev–Trinajstić information content (AvgIpc) is 2.54. The van der Waals surface area contributed by atoms with E-state index >= 15 is 0 Å². The molecular weight excluding hydrogens is 329 g/mol. The number of methoxy groups -OCH3 is 1. The summed E-state index contributed by atoms with van der Waals surface area (Å²) in [6, 6.07) is 10.1. The van der Waals surface area contributed by atoms with Crippen molar-refractivity contribution in [3.63, 3.8) is 0 Å². The van der Waals surface area contributed by atoms with Crippen molar-refractivity contribution in [1.82, 2.24) is 4.90 Å². The Morgan fingerprint density at radius 2 is 2.08 bits per heavy atom. The van der Waals surface area contributed by atoms with Gasteiger partial charge < -0.3 is 10.1 Å². The number of rotatable bonds is 7. The van der Waals surface area contributed by atoms with E-state index in [2.05, 4.69) is 5.32 Å². The van der Waals surface area contributed by atoms with Crippen LogP contribution in [0.4, 0.5) is 15.8 Å². The largest absolute Gasteiger partial charge is 0.494 e. The van der Waals surface area contributed by atoms with Gasteiger partial charge in [-0.15, -0.1) is 0 Å². The molecule has 132 valence electrons. The summed E-state index contributed by atoms with van der Waals surface area (Å²) in [6.07, 6.45) is 0. The Kier molecular flexibility index (Phi) is 6.02. The average molecular weight is 347 g/mol. The Labute approximate surface area is 144 Å². The van der Waals surface area contributed by atoms with E-state index in [1.54, 1.807) is 24.1 Å². The van der Waals surface area contributed by atoms with E-state index in [0.717, 1.165) is 5.56 Å². The maximum Gasteiger partial charge on any atom is 0.273 e. The van der Waals surface area contributed by atoms with Crippen molar-refractivity contribution in [3.05, 3.63) is 64.0 Å². The molecule has 0 saturated carbocycles. The van der Waals surface area contributed by atoms with Crippen molar-refractivity contribution >= 4 is 17.3 Å². The van der Waals surface area contributed by atoms with Crippen LogP contribution in [0.1, 0.15) is 5.56 Å². The molecule has 0 aliphatic rings. The van der Waals surface area contributed by atoms with Crippen LogP contribution in [0.5, 0.6) is 5.75 Å². The highest BCUT2D eigenvalue weighted by atomic mass is 19.1. The lowest BCUT2D eigenvalue weighted by Crippen LogP contribution is -2.30. The second kappa shape index (κ2) is 8.20. The molecule has 0 aliphatic heterocycles. The van der Waals surface area contributed by atoms with Gasteiger partial charge in [-0.25, -0.2) is 4.39 Å². The Morgan fingerprint density at radius 3 is 2.72 bits per heavy atom. The van der Waals surface area contributed by atoms with Gasteiger partial charge in [0.15, 0.2) is 0 Å². The number of carbonyl (C=O) groups is 1. The van der Waals surface area contributed by atoms with Crippen molar-refractivity contribution < 1.29 is 18.8 Å². The predicted octanol–water partition coefficient (Wildman–Crippen LogP) is 2.81. The van der Waals surface area contributed by atoms with E-state index in [1.807, 2.05) is 0 Å². The molecule has 0 fully saturated rings. The van der Waals surface area contributed by atoms with Gasteiger partial charge >= 0.3 is 0 Å². The monoisotopic (exact) mass is 347 g/mol. The molecule has 7 nitrogen and oxygen atoms in total. The molecule has 0 aliphatic carbocycles. The molecule has 0 unspecified atom stereocenters. The summed E-state index contributed by atoms with van der Waals surface area (Å²) in [6.45, 7) is 0.471. The predicted molar refractivity (Wildman–Crippen MR) is 91.0 cm³/mol. The van der Waals surface area contributed by atoms with Gasteiger partial charge in [0, 0.05) is 12.6 Å². The zero-order chi connectivity index (χ0) is 18.4. The first-order chi connectivity index (χ1) is 11.9. The van der Waals surface area contributed by atoms with Gasteiger partial charge in [0.25, 0.3) is 5.69 Å². The number of amides is 1. The van der Waals surface area contributed by atoms with E-state index < -0.39 is 4.92 Å². The maximum atomic E-state index is 13.2. The summed E-state index contributed by atoms with van der Waals surface area (Å²) in [5.74, 6) is -0.438. The Bertz CT molecular complexity index is 782. The van der Waals surface area contributed by atoms with Gasteiger partial charge in [0.1, 0.15) is 11.6 Å². The standard InChI is InChI=1S/C17H18FN3O4/c1-20(10-12-4-3-5-13(18)8-12)11-17(22)19-15-7-6-14(21(23)24)9-16(15)25-2/h3-9H,10-11H2,1-2H3,(H,19,22). The number of nitrogens with one attached hydrogen (secondary N) is 1. The highest BCUT2D eigenvalue weighted by molar-refractivity contribution is 5.93. The fourth-order valence-corrected chi connectivity index (χ4v) is 2.33. The third kappa shape index (κ3) is 5.25. The molecule has 0 heterocycles. The van der Waals surface area contributed by atoms with Crippen molar-refractivity contribution in [2.24, 2.45) is 0 Å². The molecule has 8 heteroatoms. The number of carbonyl (C=O) groups excluding carboxylic acids is 1. The lowest BCUT2D eigenvalue weighted by molar-refractivity contribution is -0.384. The normalized spacial score (nSPS) is 10.6. The first-order valence-corrected chi connectivity index (χ1v) is 7.44. The lowest BCUT2D eigenvalue weighted by atomic mass is 10.2. The van der Waals surface area contributed by atoms with Crippen LogP contribution in [-0.2, 0) is 11.3 Å². The lowest BCUT2D eigenvalue weighted by Gasteiger charge is -2.17. The molecule has 0 radical (unpaired) electrons. The van der Waals surface area contributed by atoms with Gasteiger partial charge in [0.2, 0.25) is 5.91 Å². The highest BCUT2D eigenvalue weighted by Gasteiger charge is 2.14. The van der Waals surface area contributed by atoms with Gasteiger partial charge in [0.05, 0.1) is 30.3 Å². The van der Waals surface area contributed by atoms with Gasteiger partial charge in [-0.2, -0.15) is 0 Å². The van der Waals surface area contributed by atoms with Crippen LogP contribution < -0.4 is 10.1 Å². The van der Waals surface area contributed by atoms with Crippen LogP contribution >= 0.6 is 0 Å². The maximum absolute atomic E-state index is 13.2. The number of non-ortho nitro benzene ring substituents is 1. The van der Waals surface area contributed by atoms with Crippen LogP contribution in [0.3, 0.4) is 0 Å². The Hall–Kier alpha value is -3.00. The zero-order valence-electron chi connectivity index (χ0n) is 13.9. The smallest absolute Gasteiger partial charge is 0.273 e. The number of anilines is 1. The van der Waals surface area contributed by atoms with Crippen molar-refractivity contribution in [2.45, 2.75) is 6.54 Å². The fourth-order valence-electron chi connectivity index (χ4n) is 2.33. The molecule has 2 aromatic carbocycles. The van der Waals surface area contributed by atoms with Gasteiger partial charge in [-0.3, -0.25) is 19.8 Å². The molecule has 2 rings (SSSR count). The number of hydrogen-bond donors (Lipinski definition) is 1. The number of likely N-dealkylation sites (N-methyl/N-ethyl adjacent to an activating group) is 1. The summed E-state index contributed by atoms with van der Waals surface area (Å²) in [7, 11) is 3.10. The quantitative estimate of drug-likeness (QED) is 0.615. The van der Waals surface area contributed by atoms with Gasteiger partial charge in [-0.05, 0) is 30.8 Å². The minimum absolute atomic E-state index is 0.0661. The number of nitro groups is 1. The second-order valence-electron chi connectivity index (χ2n) is 5.49. The summed E-state index contributed by atoms with van der Waals surface area (Å²) in [5.41, 5.74) is 0.971. The third-order valence-corrected chi connectivity index (χ3v) is 3.43. The zero-order valence-corrected chi connectivity index (χ0v) is 13.9. The summed E-state index contributed by atoms with van der Waals surface area (Å²) in [5, 5.41) is 13.4. The molecule has 2 aromatic rings. The minimum Gasteiger partial charge on any atom is -0.494 e. The number of halogens is 1. The first kappa shape index (κ1) is 18.3. The summed E-state index contributed by atoms with van der Waals surface area (Å²) >= 11 is 0. The van der Waals surface area contributed by atoms with Crippen LogP contribution in [0.15, 0.2) is 42.5 Å². The molecule has 0 atom stereocenters. The van der Waals surface area contributed by atoms with Crippen molar-refractivity contribution in [2.75, 3.05) is 26.0 Å². The Morgan fingerprint density at radius 1 is 1.32 bits per heavy atom. The summed E-state index contributed by atoms with van der Waals surface area (Å²) in [4.78, 5) is 24.1. The number of benzene rings is 2. The number of nitro benzene ring substituents is 1. The minimum atomic E-state index is -0.541. The number of nitrogens with zero attached hydrogens (tertiary/aromatic N) is 2. The summed E-state index contributed by atoms with van der Waals surface area (Å²) < 4.78 is 18.3.